The Balaban J connectivity index is 2.57. The van der Waals surface area contributed by atoms with Gasteiger partial charge in [-0.25, -0.2) is 0 Å². The molecule has 0 aromatic heterocycles. The summed E-state index contributed by atoms with van der Waals surface area (Å²) < 4.78 is 0. The molecule has 0 aliphatic rings. The van der Waals surface area contributed by atoms with Gasteiger partial charge < -0.3 is 10.6 Å². The van der Waals surface area contributed by atoms with Gasteiger partial charge in [0.25, 0.3) is 5.91 Å². The predicted octanol–water partition coefficient (Wildman–Crippen LogP) is 1.37. The van der Waals surface area contributed by atoms with Crippen molar-refractivity contribution in [1.82, 2.24) is 10.6 Å². The summed E-state index contributed by atoms with van der Waals surface area (Å²) in [5, 5.41) is 5.77. The summed E-state index contributed by atoms with van der Waals surface area (Å²) in [6, 6.07) is 7.33. The normalized spacial score (nSPS) is 10.0. The molecule has 15 heavy (non-hydrogen) atoms. The van der Waals surface area contributed by atoms with Gasteiger partial charge in [0, 0.05) is 24.5 Å². The fourth-order valence-corrected chi connectivity index (χ4v) is 1.37. The van der Waals surface area contributed by atoms with Crippen LogP contribution in [0.2, 0.25) is 0 Å². The Labute approximate surface area is 94.8 Å². The number of hydrogen-bond acceptors (Lipinski definition) is 2. The van der Waals surface area contributed by atoms with Gasteiger partial charge in [-0.05, 0) is 24.7 Å². The highest BCUT2D eigenvalue weighted by Crippen LogP contribution is 2.07. The third-order valence-electron chi connectivity index (χ3n) is 2.00. The van der Waals surface area contributed by atoms with E-state index in [4.69, 9.17) is 11.6 Å². The van der Waals surface area contributed by atoms with Gasteiger partial charge in [-0.3, -0.25) is 4.79 Å². The molecule has 0 aliphatic heterocycles. The van der Waals surface area contributed by atoms with Gasteiger partial charge in [-0.1, -0.05) is 12.1 Å². The van der Waals surface area contributed by atoms with E-state index < -0.39 is 0 Å². The molecule has 0 aliphatic carbocycles. The van der Waals surface area contributed by atoms with E-state index in [1.165, 1.54) is 0 Å². The molecule has 82 valence electrons. The van der Waals surface area contributed by atoms with Gasteiger partial charge in [-0.2, -0.15) is 0 Å². The van der Waals surface area contributed by atoms with Crippen LogP contribution in [0.25, 0.3) is 0 Å². The average Bonchev–Trinajstić information content (AvgIpc) is 2.29. The van der Waals surface area contributed by atoms with Crippen molar-refractivity contribution < 1.29 is 4.79 Å². The fraction of sp³-hybridized carbons (Fsp3) is 0.364. The molecule has 1 rings (SSSR count). The minimum absolute atomic E-state index is 0.0581. The van der Waals surface area contributed by atoms with Crippen molar-refractivity contribution in [2.24, 2.45) is 0 Å². The number of amides is 1. The number of hydrogen-bond donors (Lipinski definition) is 2. The molecule has 0 spiro atoms. The Bertz CT molecular complexity index is 328. The molecule has 0 saturated carbocycles. The van der Waals surface area contributed by atoms with E-state index in [2.05, 4.69) is 10.6 Å². The second-order valence-electron chi connectivity index (χ2n) is 3.19. The average molecular weight is 227 g/mol. The first-order chi connectivity index (χ1) is 7.27. The zero-order valence-electron chi connectivity index (χ0n) is 8.72. The first-order valence-corrected chi connectivity index (χ1v) is 5.39. The van der Waals surface area contributed by atoms with E-state index in [0.717, 1.165) is 12.1 Å². The van der Waals surface area contributed by atoms with Crippen LogP contribution in [0.15, 0.2) is 24.3 Å². The number of nitrogens with one attached hydrogen (secondary N) is 2. The van der Waals surface area contributed by atoms with Crippen LogP contribution in [-0.2, 0) is 5.88 Å². The van der Waals surface area contributed by atoms with E-state index >= 15 is 0 Å². The maximum absolute atomic E-state index is 11.6. The number of likely N-dealkylation sites (N-methyl/N-ethyl adjacent to an activating group) is 1. The first-order valence-electron chi connectivity index (χ1n) is 4.85. The van der Waals surface area contributed by atoms with Crippen molar-refractivity contribution in [3.63, 3.8) is 0 Å². The van der Waals surface area contributed by atoms with Crippen LogP contribution in [0, 0.1) is 0 Å². The van der Waals surface area contributed by atoms with Crippen molar-refractivity contribution in [2.45, 2.75) is 5.88 Å². The maximum atomic E-state index is 11.6. The summed E-state index contributed by atoms with van der Waals surface area (Å²) in [6.07, 6.45) is 0. The third kappa shape index (κ3) is 3.90. The van der Waals surface area contributed by atoms with Crippen molar-refractivity contribution in [2.75, 3.05) is 20.1 Å². The molecule has 1 aromatic carbocycles. The van der Waals surface area contributed by atoms with Crippen molar-refractivity contribution in [1.29, 1.82) is 0 Å². The van der Waals surface area contributed by atoms with Crippen LogP contribution in [0.4, 0.5) is 0 Å². The largest absolute Gasteiger partial charge is 0.351 e. The Hall–Kier alpha value is -1.06. The quantitative estimate of drug-likeness (QED) is 0.588. The Morgan fingerprint density at radius 2 is 2.20 bits per heavy atom. The minimum atomic E-state index is -0.0581. The smallest absolute Gasteiger partial charge is 0.251 e. The molecule has 0 heterocycles. The lowest BCUT2D eigenvalue weighted by molar-refractivity contribution is 0.0954. The molecule has 0 atom stereocenters. The Morgan fingerprint density at radius 3 is 2.87 bits per heavy atom. The Kier molecular flexibility index (Phi) is 5.15. The molecule has 0 fully saturated rings. The number of carbonyl (C=O) groups excluding carboxylic acids is 1. The monoisotopic (exact) mass is 226 g/mol. The lowest BCUT2D eigenvalue weighted by Crippen LogP contribution is -2.30. The topological polar surface area (TPSA) is 41.1 Å². The van der Waals surface area contributed by atoms with Gasteiger partial charge in [-0.15, -0.1) is 11.6 Å². The SMILES string of the molecule is CNCCNC(=O)c1cccc(CCl)c1. The maximum Gasteiger partial charge on any atom is 0.251 e. The second-order valence-corrected chi connectivity index (χ2v) is 3.46. The molecule has 4 heteroatoms. The minimum Gasteiger partial charge on any atom is -0.351 e. The summed E-state index contributed by atoms with van der Waals surface area (Å²) in [7, 11) is 1.85. The predicted molar refractivity (Wildman–Crippen MR) is 62.3 cm³/mol. The van der Waals surface area contributed by atoms with Crippen LogP contribution >= 0.6 is 11.6 Å². The fourth-order valence-electron chi connectivity index (χ4n) is 1.20. The molecule has 1 aromatic rings. The van der Waals surface area contributed by atoms with E-state index in [9.17, 15) is 4.79 Å². The molecule has 0 unspecified atom stereocenters. The van der Waals surface area contributed by atoms with Gasteiger partial charge in [0.05, 0.1) is 0 Å². The summed E-state index contributed by atoms with van der Waals surface area (Å²) in [6.45, 7) is 1.39. The van der Waals surface area contributed by atoms with E-state index in [-0.39, 0.29) is 5.91 Å². The van der Waals surface area contributed by atoms with Crippen molar-refractivity contribution in [3.05, 3.63) is 35.4 Å². The zero-order valence-corrected chi connectivity index (χ0v) is 9.47. The lowest BCUT2D eigenvalue weighted by atomic mass is 10.1. The molecule has 1 amide bonds. The van der Waals surface area contributed by atoms with Crippen LogP contribution in [0.3, 0.4) is 0 Å². The highest BCUT2D eigenvalue weighted by Gasteiger charge is 2.04. The summed E-state index contributed by atoms with van der Waals surface area (Å²) in [5.74, 6) is 0.370. The first kappa shape index (κ1) is 12.0. The molecule has 2 N–H and O–H groups in total. The van der Waals surface area contributed by atoms with E-state index in [1.54, 1.807) is 6.07 Å². The molecular weight excluding hydrogens is 212 g/mol. The Morgan fingerprint density at radius 1 is 1.40 bits per heavy atom. The standard InChI is InChI=1S/C11H15ClN2O/c1-13-5-6-14-11(15)10-4-2-3-9(7-10)8-12/h2-4,7,13H,5-6,8H2,1H3,(H,14,15). The van der Waals surface area contributed by atoms with Gasteiger partial charge in [0.15, 0.2) is 0 Å². The highest BCUT2D eigenvalue weighted by molar-refractivity contribution is 6.17. The van der Waals surface area contributed by atoms with Gasteiger partial charge in [0.2, 0.25) is 0 Å². The van der Waals surface area contributed by atoms with Crippen molar-refractivity contribution in [3.8, 4) is 0 Å². The number of rotatable bonds is 5. The summed E-state index contributed by atoms with van der Waals surface area (Å²) in [5.41, 5.74) is 1.61. The molecule has 0 radical (unpaired) electrons. The van der Waals surface area contributed by atoms with Crippen LogP contribution in [0.1, 0.15) is 15.9 Å². The number of carbonyl (C=O) groups is 1. The number of alkyl halides is 1. The highest BCUT2D eigenvalue weighted by atomic mass is 35.5. The second kappa shape index (κ2) is 6.43. The lowest BCUT2D eigenvalue weighted by Gasteiger charge is -2.05. The zero-order chi connectivity index (χ0) is 11.1. The molecule has 3 nitrogen and oxygen atoms in total. The third-order valence-corrected chi connectivity index (χ3v) is 2.31. The summed E-state index contributed by atoms with van der Waals surface area (Å²) in [4.78, 5) is 11.6. The van der Waals surface area contributed by atoms with E-state index in [1.807, 2.05) is 25.2 Å². The number of benzene rings is 1. The van der Waals surface area contributed by atoms with Crippen LogP contribution in [-0.4, -0.2) is 26.0 Å². The van der Waals surface area contributed by atoms with Crippen molar-refractivity contribution >= 4 is 17.5 Å². The van der Waals surface area contributed by atoms with Gasteiger partial charge >= 0.3 is 0 Å². The molecular formula is C11H15ClN2O. The molecule has 0 saturated heterocycles. The van der Waals surface area contributed by atoms with E-state index in [0.29, 0.717) is 18.0 Å². The van der Waals surface area contributed by atoms with Gasteiger partial charge in [0.1, 0.15) is 0 Å². The summed E-state index contributed by atoms with van der Waals surface area (Å²) >= 11 is 5.69. The molecule has 0 bridgehead atoms. The van der Waals surface area contributed by atoms with Crippen LogP contribution in [0.5, 0.6) is 0 Å². The van der Waals surface area contributed by atoms with Crippen LogP contribution < -0.4 is 10.6 Å². The number of halogens is 1.